The van der Waals surface area contributed by atoms with Crippen molar-refractivity contribution < 1.29 is 8.42 Å². The van der Waals surface area contributed by atoms with E-state index in [1.54, 1.807) is 12.1 Å². The number of hydrogen-bond acceptors (Lipinski definition) is 2. The number of hydrogen-bond donors (Lipinski definition) is 1. The molecule has 2 rings (SSSR count). The maximum Gasteiger partial charge on any atom is 0.240 e. The van der Waals surface area contributed by atoms with Crippen molar-refractivity contribution in [1.82, 2.24) is 4.72 Å². The van der Waals surface area contributed by atoms with Crippen LogP contribution in [0.2, 0.25) is 0 Å². The van der Waals surface area contributed by atoms with E-state index in [4.69, 9.17) is 0 Å². The van der Waals surface area contributed by atoms with Gasteiger partial charge in [0.05, 0.1) is 4.90 Å². The fraction of sp³-hybridized carbons (Fsp3) is 0.333. The number of nitrogens with one attached hydrogen (secondary N) is 1. The van der Waals surface area contributed by atoms with Gasteiger partial charge in [0.15, 0.2) is 0 Å². The van der Waals surface area contributed by atoms with Gasteiger partial charge in [0, 0.05) is 6.54 Å². The molecule has 2 aromatic carbocycles. The Hall–Kier alpha value is -1.65. The van der Waals surface area contributed by atoms with Crippen molar-refractivity contribution in [3.8, 4) is 0 Å². The van der Waals surface area contributed by atoms with Crippen LogP contribution >= 0.6 is 0 Å². The summed E-state index contributed by atoms with van der Waals surface area (Å²) in [5.41, 5.74) is 3.23. The molecule has 1 N–H and O–H groups in total. The molecule has 0 aliphatic heterocycles. The van der Waals surface area contributed by atoms with Gasteiger partial charge in [0.1, 0.15) is 0 Å². The molecule has 0 aromatic heterocycles. The molecule has 0 saturated heterocycles. The molecular weight excluding hydrogens is 294 g/mol. The van der Waals surface area contributed by atoms with Crippen LogP contribution in [-0.2, 0) is 22.0 Å². The van der Waals surface area contributed by atoms with Crippen molar-refractivity contribution in [2.24, 2.45) is 0 Å². The molecule has 0 aliphatic carbocycles. The van der Waals surface area contributed by atoms with Crippen LogP contribution in [-0.4, -0.2) is 8.42 Å². The van der Waals surface area contributed by atoms with Gasteiger partial charge in [-0.3, -0.25) is 0 Å². The third-order valence-electron chi connectivity index (χ3n) is 3.62. The monoisotopic (exact) mass is 317 g/mol. The van der Waals surface area contributed by atoms with E-state index in [-0.39, 0.29) is 5.41 Å². The summed E-state index contributed by atoms with van der Waals surface area (Å²) in [4.78, 5) is 0.299. The number of benzene rings is 2. The molecule has 0 fully saturated rings. The van der Waals surface area contributed by atoms with E-state index in [9.17, 15) is 8.42 Å². The van der Waals surface area contributed by atoms with E-state index in [1.807, 2.05) is 43.3 Å². The molecule has 0 aliphatic rings. The van der Waals surface area contributed by atoms with Crippen LogP contribution in [0.4, 0.5) is 0 Å². The average molecular weight is 317 g/mol. The van der Waals surface area contributed by atoms with E-state index >= 15 is 0 Å². The van der Waals surface area contributed by atoms with Gasteiger partial charge in [-0.05, 0) is 35.6 Å². The zero-order chi connectivity index (χ0) is 16.4. The van der Waals surface area contributed by atoms with Gasteiger partial charge in [-0.15, -0.1) is 0 Å². The Morgan fingerprint density at radius 2 is 1.45 bits per heavy atom. The van der Waals surface area contributed by atoms with Crippen molar-refractivity contribution in [2.45, 2.75) is 44.6 Å². The summed E-state index contributed by atoms with van der Waals surface area (Å²) in [5, 5.41) is 0. The minimum Gasteiger partial charge on any atom is -0.207 e. The topological polar surface area (TPSA) is 46.2 Å². The molecule has 0 heterocycles. The molecule has 0 atom stereocenters. The second-order valence-electron chi connectivity index (χ2n) is 6.58. The zero-order valence-electron chi connectivity index (χ0n) is 13.6. The molecule has 0 saturated carbocycles. The smallest absolute Gasteiger partial charge is 0.207 e. The third kappa shape index (κ3) is 4.18. The summed E-state index contributed by atoms with van der Waals surface area (Å²) >= 11 is 0. The van der Waals surface area contributed by atoms with Crippen molar-refractivity contribution in [3.63, 3.8) is 0 Å². The summed E-state index contributed by atoms with van der Waals surface area (Å²) in [6.07, 6.45) is 0. The quantitative estimate of drug-likeness (QED) is 0.933. The molecular formula is C18H23NO2S. The fourth-order valence-electron chi connectivity index (χ4n) is 2.10. The molecule has 0 spiro atoms. The number of rotatable bonds is 4. The van der Waals surface area contributed by atoms with Crippen LogP contribution < -0.4 is 4.72 Å². The lowest BCUT2D eigenvalue weighted by Crippen LogP contribution is -2.23. The Morgan fingerprint density at radius 3 is 1.95 bits per heavy atom. The first-order chi connectivity index (χ1) is 10.2. The lowest BCUT2D eigenvalue weighted by atomic mass is 9.87. The molecule has 0 unspecified atom stereocenters. The molecule has 2 aromatic rings. The van der Waals surface area contributed by atoms with E-state index in [0.29, 0.717) is 11.4 Å². The predicted molar refractivity (Wildman–Crippen MR) is 90.3 cm³/mol. The van der Waals surface area contributed by atoms with Gasteiger partial charge in [0.2, 0.25) is 10.0 Å². The first-order valence-corrected chi connectivity index (χ1v) is 8.82. The van der Waals surface area contributed by atoms with Gasteiger partial charge >= 0.3 is 0 Å². The Labute approximate surface area is 133 Å². The van der Waals surface area contributed by atoms with Crippen LogP contribution in [0.5, 0.6) is 0 Å². The zero-order valence-corrected chi connectivity index (χ0v) is 14.4. The highest BCUT2D eigenvalue weighted by Crippen LogP contribution is 2.23. The van der Waals surface area contributed by atoms with Gasteiger partial charge in [-0.2, -0.15) is 0 Å². The highest BCUT2D eigenvalue weighted by atomic mass is 32.2. The molecule has 3 nitrogen and oxygen atoms in total. The fourth-order valence-corrected chi connectivity index (χ4v) is 3.12. The van der Waals surface area contributed by atoms with Crippen LogP contribution in [0.25, 0.3) is 0 Å². The second-order valence-corrected chi connectivity index (χ2v) is 8.35. The minimum absolute atomic E-state index is 0.0115. The lowest BCUT2D eigenvalue weighted by molar-refractivity contribution is 0.578. The average Bonchev–Trinajstić information content (AvgIpc) is 2.46. The summed E-state index contributed by atoms with van der Waals surface area (Å²) in [7, 11) is -3.48. The Morgan fingerprint density at radius 1 is 0.909 bits per heavy atom. The highest BCUT2D eigenvalue weighted by molar-refractivity contribution is 7.89. The highest BCUT2D eigenvalue weighted by Gasteiger charge is 2.17. The van der Waals surface area contributed by atoms with E-state index in [1.165, 1.54) is 0 Å². The van der Waals surface area contributed by atoms with Gasteiger partial charge < -0.3 is 0 Å². The van der Waals surface area contributed by atoms with E-state index < -0.39 is 10.0 Å². The molecule has 0 bridgehead atoms. The first kappa shape index (κ1) is 16.7. The van der Waals surface area contributed by atoms with Crippen LogP contribution in [0.1, 0.15) is 37.5 Å². The molecule has 0 amide bonds. The van der Waals surface area contributed by atoms with E-state index in [2.05, 4.69) is 25.5 Å². The van der Waals surface area contributed by atoms with Gasteiger partial charge in [-0.1, -0.05) is 62.7 Å². The molecule has 118 valence electrons. The lowest BCUT2D eigenvalue weighted by Gasteiger charge is -2.19. The summed E-state index contributed by atoms with van der Waals surface area (Å²) in [6.45, 7) is 8.61. The maximum absolute atomic E-state index is 12.3. The van der Waals surface area contributed by atoms with Crippen molar-refractivity contribution in [2.75, 3.05) is 0 Å². The Balaban J connectivity index is 2.11. The Bertz CT molecular complexity index is 724. The van der Waals surface area contributed by atoms with Crippen LogP contribution in [0.3, 0.4) is 0 Å². The van der Waals surface area contributed by atoms with E-state index in [0.717, 1.165) is 16.7 Å². The van der Waals surface area contributed by atoms with Crippen LogP contribution in [0.15, 0.2) is 53.4 Å². The second kappa shape index (κ2) is 6.23. The SMILES string of the molecule is Cc1ccc(CNS(=O)(=O)c2ccc(C(C)(C)C)cc2)cc1. The standard InChI is InChI=1S/C18H23NO2S/c1-14-5-7-15(8-6-14)13-19-22(20,21)17-11-9-16(10-12-17)18(2,3)4/h5-12,19H,13H2,1-4H3. The number of sulfonamides is 1. The largest absolute Gasteiger partial charge is 0.240 e. The normalized spacial score (nSPS) is 12.4. The molecule has 22 heavy (non-hydrogen) atoms. The summed E-state index contributed by atoms with van der Waals surface area (Å²) in [5.74, 6) is 0. The number of aryl methyl sites for hydroxylation is 1. The first-order valence-electron chi connectivity index (χ1n) is 7.34. The van der Waals surface area contributed by atoms with Crippen LogP contribution in [0, 0.1) is 6.92 Å². The third-order valence-corrected chi connectivity index (χ3v) is 5.03. The van der Waals surface area contributed by atoms with Crippen molar-refractivity contribution in [1.29, 1.82) is 0 Å². The van der Waals surface area contributed by atoms with Gasteiger partial charge in [0.25, 0.3) is 0 Å². The minimum atomic E-state index is -3.48. The summed E-state index contributed by atoms with van der Waals surface area (Å²) < 4.78 is 27.3. The maximum atomic E-state index is 12.3. The van der Waals surface area contributed by atoms with Crippen molar-refractivity contribution in [3.05, 3.63) is 65.2 Å². The van der Waals surface area contributed by atoms with Gasteiger partial charge in [-0.25, -0.2) is 13.1 Å². The molecule has 0 radical (unpaired) electrons. The predicted octanol–water partition coefficient (Wildman–Crippen LogP) is 3.77. The molecule has 4 heteroatoms. The van der Waals surface area contributed by atoms with Crippen molar-refractivity contribution >= 4 is 10.0 Å². The Kier molecular flexibility index (Phi) is 4.73. The summed E-state index contributed by atoms with van der Waals surface area (Å²) in [6, 6.07) is 14.9.